The molecule has 1 atom stereocenters. The lowest BCUT2D eigenvalue weighted by atomic mass is 9.99. The Morgan fingerprint density at radius 3 is 2.55 bits per heavy atom. The van der Waals surface area contributed by atoms with E-state index in [0.29, 0.717) is 16.5 Å². The van der Waals surface area contributed by atoms with Crippen LogP contribution in [0.25, 0.3) is 0 Å². The molecule has 2 aromatic rings. The smallest absolute Gasteiger partial charge is 0.123 e. The van der Waals surface area contributed by atoms with Gasteiger partial charge < -0.3 is 5.32 Å². The van der Waals surface area contributed by atoms with E-state index in [1.807, 2.05) is 25.2 Å². The lowest BCUT2D eigenvalue weighted by Gasteiger charge is -2.18. The molecule has 0 heterocycles. The Kier molecular flexibility index (Phi) is 5.66. The number of halogens is 4. The second-order valence-electron chi connectivity index (χ2n) is 4.45. The van der Waals surface area contributed by atoms with E-state index >= 15 is 0 Å². The highest BCUT2D eigenvalue weighted by Gasteiger charge is 2.14. The molecule has 0 saturated heterocycles. The van der Waals surface area contributed by atoms with Crippen LogP contribution < -0.4 is 5.32 Å². The number of rotatable bonds is 4. The normalized spacial score (nSPS) is 12.4. The number of hydrogen-bond acceptors (Lipinski definition) is 1. The first-order valence-corrected chi connectivity index (χ1v) is 7.91. The first-order valence-electron chi connectivity index (χ1n) is 6.07. The Labute approximate surface area is 141 Å². The van der Waals surface area contributed by atoms with Gasteiger partial charge in [0.05, 0.1) is 5.02 Å². The maximum atomic E-state index is 13.3. The molecule has 0 radical (unpaired) electrons. The van der Waals surface area contributed by atoms with Gasteiger partial charge in [-0.05, 0) is 77.5 Å². The first-order chi connectivity index (χ1) is 9.51. The fraction of sp³-hybridized carbons (Fsp3) is 0.200. The van der Waals surface area contributed by atoms with E-state index < -0.39 is 0 Å². The average Bonchev–Trinajstić information content (AvgIpc) is 2.43. The van der Waals surface area contributed by atoms with Crippen LogP contribution in [0.3, 0.4) is 0 Å². The van der Waals surface area contributed by atoms with E-state index in [9.17, 15) is 4.39 Å². The summed E-state index contributed by atoms with van der Waals surface area (Å²) in [5.74, 6) is -0.278. The molecule has 0 aliphatic rings. The second kappa shape index (κ2) is 7.07. The van der Waals surface area contributed by atoms with Crippen molar-refractivity contribution in [3.05, 3.63) is 67.0 Å². The largest absolute Gasteiger partial charge is 0.313 e. The number of nitrogens with one attached hydrogen (secondary N) is 1. The summed E-state index contributed by atoms with van der Waals surface area (Å²) in [6.07, 6.45) is 0.601. The number of hydrogen-bond donors (Lipinski definition) is 1. The number of likely N-dealkylation sites (N-methyl/N-ethyl adjacent to an activating group) is 1. The van der Waals surface area contributed by atoms with Gasteiger partial charge in [0.25, 0.3) is 0 Å². The first kappa shape index (κ1) is 16.0. The Hall–Kier alpha value is -0.360. The Morgan fingerprint density at radius 1 is 1.15 bits per heavy atom. The van der Waals surface area contributed by atoms with E-state index in [2.05, 4.69) is 27.9 Å². The quantitative estimate of drug-likeness (QED) is 0.663. The Morgan fingerprint density at radius 2 is 1.90 bits per heavy atom. The van der Waals surface area contributed by atoms with Gasteiger partial charge in [-0.1, -0.05) is 29.3 Å². The molecule has 5 heteroatoms. The van der Waals surface area contributed by atoms with Gasteiger partial charge in [0, 0.05) is 14.6 Å². The van der Waals surface area contributed by atoms with Gasteiger partial charge in [-0.15, -0.1) is 0 Å². The minimum atomic E-state index is -0.278. The van der Waals surface area contributed by atoms with Crippen molar-refractivity contribution in [1.82, 2.24) is 5.32 Å². The van der Waals surface area contributed by atoms with E-state index in [4.69, 9.17) is 23.2 Å². The molecule has 106 valence electrons. The van der Waals surface area contributed by atoms with E-state index in [1.165, 1.54) is 12.1 Å². The monoisotopic (exact) mass is 423 g/mol. The predicted octanol–water partition coefficient (Wildman–Crippen LogP) is 5.24. The van der Waals surface area contributed by atoms with Crippen LogP contribution in [-0.4, -0.2) is 7.05 Å². The summed E-state index contributed by atoms with van der Waals surface area (Å²) in [5.41, 5.74) is 1.83. The summed E-state index contributed by atoms with van der Waals surface area (Å²) in [5, 5.41) is 4.51. The molecule has 0 fully saturated rings. The van der Waals surface area contributed by atoms with Gasteiger partial charge >= 0.3 is 0 Å². The zero-order valence-electron chi connectivity index (χ0n) is 10.8. The third kappa shape index (κ3) is 3.85. The summed E-state index contributed by atoms with van der Waals surface area (Å²) in [6, 6.07) is 10.4. The molecule has 1 N–H and O–H groups in total. The van der Waals surface area contributed by atoms with E-state index in [0.717, 1.165) is 14.7 Å². The van der Waals surface area contributed by atoms with Crippen molar-refractivity contribution in [3.8, 4) is 0 Å². The summed E-state index contributed by atoms with van der Waals surface area (Å²) < 4.78 is 14.3. The number of benzene rings is 2. The Balaban J connectivity index is 2.28. The molecule has 0 aliphatic heterocycles. The molecule has 0 aliphatic carbocycles. The third-order valence-electron chi connectivity index (χ3n) is 3.13. The van der Waals surface area contributed by atoms with Gasteiger partial charge in [0.2, 0.25) is 0 Å². The Bertz CT molecular complexity index is 619. The molecule has 20 heavy (non-hydrogen) atoms. The maximum Gasteiger partial charge on any atom is 0.123 e. The zero-order valence-corrected chi connectivity index (χ0v) is 14.4. The van der Waals surface area contributed by atoms with Crippen LogP contribution >= 0.6 is 45.8 Å². The minimum absolute atomic E-state index is 0.0313. The molecule has 0 bridgehead atoms. The van der Waals surface area contributed by atoms with Crippen molar-refractivity contribution in [2.45, 2.75) is 12.5 Å². The fourth-order valence-electron chi connectivity index (χ4n) is 2.04. The molecule has 1 unspecified atom stereocenters. The second-order valence-corrected chi connectivity index (χ2v) is 6.43. The van der Waals surface area contributed by atoms with Crippen LogP contribution in [0.4, 0.5) is 4.39 Å². The summed E-state index contributed by atoms with van der Waals surface area (Å²) in [6.45, 7) is 0. The van der Waals surface area contributed by atoms with Crippen molar-refractivity contribution in [2.75, 3.05) is 7.05 Å². The van der Waals surface area contributed by atoms with Crippen LogP contribution in [0.1, 0.15) is 17.2 Å². The molecule has 2 rings (SSSR count). The highest BCUT2D eigenvalue weighted by Crippen LogP contribution is 2.27. The van der Waals surface area contributed by atoms with E-state index in [1.54, 1.807) is 6.07 Å². The lowest BCUT2D eigenvalue weighted by molar-refractivity contribution is 0.584. The molecule has 2 aromatic carbocycles. The maximum absolute atomic E-state index is 13.3. The lowest BCUT2D eigenvalue weighted by Crippen LogP contribution is -2.19. The molecular formula is C15H13Cl2FIN. The van der Waals surface area contributed by atoms with Crippen LogP contribution in [-0.2, 0) is 6.42 Å². The highest BCUT2D eigenvalue weighted by atomic mass is 127. The van der Waals surface area contributed by atoms with E-state index in [-0.39, 0.29) is 11.9 Å². The van der Waals surface area contributed by atoms with Crippen molar-refractivity contribution in [3.63, 3.8) is 0 Å². The fourth-order valence-corrected chi connectivity index (χ4v) is 2.75. The van der Waals surface area contributed by atoms with Crippen LogP contribution in [0.15, 0.2) is 36.4 Å². The standard InChI is InChI=1S/C15H13Cl2FIN/c1-20-15(9-2-5-14(19)13(17)7-9)8-10-6-11(18)3-4-12(10)16/h2-7,15,20H,8H2,1H3. The van der Waals surface area contributed by atoms with Crippen LogP contribution in [0.2, 0.25) is 10.0 Å². The SMILES string of the molecule is CNC(Cc1cc(F)ccc1Cl)c1ccc(I)c(Cl)c1. The van der Waals surface area contributed by atoms with Gasteiger partial charge in [-0.3, -0.25) is 0 Å². The average molecular weight is 424 g/mol. The van der Waals surface area contributed by atoms with Crippen LogP contribution in [0, 0.1) is 9.39 Å². The zero-order chi connectivity index (χ0) is 14.7. The van der Waals surface area contributed by atoms with Gasteiger partial charge in [-0.25, -0.2) is 4.39 Å². The van der Waals surface area contributed by atoms with Crippen molar-refractivity contribution in [1.29, 1.82) is 0 Å². The third-order valence-corrected chi connectivity index (χ3v) is 5.07. The highest BCUT2D eigenvalue weighted by molar-refractivity contribution is 14.1. The van der Waals surface area contributed by atoms with Crippen molar-refractivity contribution >= 4 is 45.8 Å². The predicted molar refractivity (Wildman–Crippen MR) is 91.1 cm³/mol. The molecule has 0 saturated carbocycles. The summed E-state index contributed by atoms with van der Waals surface area (Å²) >= 11 is 14.5. The molecular weight excluding hydrogens is 411 g/mol. The summed E-state index contributed by atoms with van der Waals surface area (Å²) in [4.78, 5) is 0. The summed E-state index contributed by atoms with van der Waals surface area (Å²) in [7, 11) is 1.86. The van der Waals surface area contributed by atoms with Gasteiger partial charge in [0.15, 0.2) is 0 Å². The molecule has 0 spiro atoms. The minimum Gasteiger partial charge on any atom is -0.313 e. The topological polar surface area (TPSA) is 12.0 Å². The van der Waals surface area contributed by atoms with Gasteiger partial charge in [0.1, 0.15) is 5.82 Å². The van der Waals surface area contributed by atoms with Crippen molar-refractivity contribution in [2.24, 2.45) is 0 Å². The molecule has 1 nitrogen and oxygen atoms in total. The van der Waals surface area contributed by atoms with Crippen molar-refractivity contribution < 1.29 is 4.39 Å². The molecule has 0 amide bonds. The molecule has 0 aromatic heterocycles. The van der Waals surface area contributed by atoms with Crippen LogP contribution in [0.5, 0.6) is 0 Å². The van der Waals surface area contributed by atoms with Gasteiger partial charge in [-0.2, -0.15) is 0 Å².